The molecule has 1 atom stereocenters. The molecule has 0 radical (unpaired) electrons. The normalized spacial score (nSPS) is 20.0. The lowest BCUT2D eigenvalue weighted by molar-refractivity contribution is 0.0419. The molecule has 0 spiro atoms. The maximum Gasteiger partial charge on any atom is 0.244 e. The number of aromatic nitrogens is 1. The molecule has 0 saturated carbocycles. The molecular weight excluding hydrogens is 292 g/mol. The fourth-order valence-corrected chi connectivity index (χ4v) is 3.05. The van der Waals surface area contributed by atoms with Gasteiger partial charge in [-0.15, -0.1) is 0 Å². The van der Waals surface area contributed by atoms with Crippen LogP contribution in [0.4, 0.5) is 5.82 Å². The van der Waals surface area contributed by atoms with E-state index in [4.69, 9.17) is 4.74 Å². The number of likely N-dealkylation sites (N-methyl/N-ethyl adjacent to an activating group) is 1. The standard InChI is InChI=1S/C13H22N4O3S/c1-14-8-11-10-17(6-7-20-11)13-5-4-12(9-15-13)21(18,19)16(2)3/h4-5,9,11,14H,6-8,10H2,1-3H3. The Balaban J connectivity index is 2.12. The van der Waals surface area contributed by atoms with E-state index in [1.54, 1.807) is 12.1 Å². The number of hydrogen-bond acceptors (Lipinski definition) is 6. The number of sulfonamides is 1. The highest BCUT2D eigenvalue weighted by atomic mass is 32.2. The van der Waals surface area contributed by atoms with Crippen molar-refractivity contribution in [2.24, 2.45) is 0 Å². The molecule has 21 heavy (non-hydrogen) atoms. The minimum atomic E-state index is -3.43. The van der Waals surface area contributed by atoms with Gasteiger partial charge in [0.2, 0.25) is 10.0 Å². The van der Waals surface area contributed by atoms with Gasteiger partial charge in [-0.2, -0.15) is 0 Å². The molecule has 1 aromatic rings. The van der Waals surface area contributed by atoms with Crippen molar-refractivity contribution in [2.75, 3.05) is 52.3 Å². The molecule has 0 bridgehead atoms. The van der Waals surface area contributed by atoms with Crippen molar-refractivity contribution in [1.29, 1.82) is 0 Å². The summed E-state index contributed by atoms with van der Waals surface area (Å²) in [5, 5.41) is 3.09. The molecule has 1 aliphatic heterocycles. The average Bonchev–Trinajstić information content (AvgIpc) is 2.48. The molecule has 8 heteroatoms. The van der Waals surface area contributed by atoms with Crippen LogP contribution in [0.2, 0.25) is 0 Å². The second-order valence-electron chi connectivity index (χ2n) is 5.14. The summed E-state index contributed by atoms with van der Waals surface area (Å²) in [4.78, 5) is 6.60. The molecule has 2 heterocycles. The number of nitrogens with one attached hydrogen (secondary N) is 1. The van der Waals surface area contributed by atoms with Crippen LogP contribution in [0.15, 0.2) is 23.2 Å². The van der Waals surface area contributed by atoms with Gasteiger partial charge in [0, 0.05) is 39.9 Å². The van der Waals surface area contributed by atoms with Crippen molar-refractivity contribution in [2.45, 2.75) is 11.0 Å². The highest BCUT2D eigenvalue weighted by Gasteiger charge is 2.22. The third-order valence-electron chi connectivity index (χ3n) is 3.39. The summed E-state index contributed by atoms with van der Waals surface area (Å²) in [6.45, 7) is 2.93. The topological polar surface area (TPSA) is 74.8 Å². The summed E-state index contributed by atoms with van der Waals surface area (Å²) in [7, 11) is 1.48. The van der Waals surface area contributed by atoms with E-state index in [1.165, 1.54) is 24.6 Å². The molecule has 2 rings (SSSR count). The molecule has 1 unspecified atom stereocenters. The predicted molar refractivity (Wildman–Crippen MR) is 81.0 cm³/mol. The third-order valence-corrected chi connectivity index (χ3v) is 5.19. The molecule has 7 nitrogen and oxygen atoms in total. The largest absolute Gasteiger partial charge is 0.373 e. The van der Waals surface area contributed by atoms with Crippen LogP contribution in [0.1, 0.15) is 0 Å². The van der Waals surface area contributed by atoms with Crippen LogP contribution < -0.4 is 10.2 Å². The first-order valence-electron chi connectivity index (χ1n) is 6.85. The van der Waals surface area contributed by atoms with Gasteiger partial charge in [-0.05, 0) is 19.2 Å². The lowest BCUT2D eigenvalue weighted by atomic mass is 10.2. The Labute approximate surface area is 126 Å². The number of pyridine rings is 1. The van der Waals surface area contributed by atoms with Crippen LogP contribution in [-0.2, 0) is 14.8 Å². The van der Waals surface area contributed by atoms with Gasteiger partial charge in [-0.1, -0.05) is 0 Å². The van der Waals surface area contributed by atoms with E-state index in [-0.39, 0.29) is 11.0 Å². The minimum absolute atomic E-state index is 0.121. The van der Waals surface area contributed by atoms with Crippen LogP contribution in [0, 0.1) is 0 Å². The summed E-state index contributed by atoms with van der Waals surface area (Å²) in [6, 6.07) is 3.35. The Bertz CT molecular complexity index is 557. The first kappa shape index (κ1) is 16.2. The van der Waals surface area contributed by atoms with Crippen molar-refractivity contribution in [3.05, 3.63) is 18.3 Å². The molecule has 1 aromatic heterocycles. The van der Waals surface area contributed by atoms with Gasteiger partial charge < -0.3 is 15.0 Å². The van der Waals surface area contributed by atoms with Crippen LogP contribution in [-0.4, -0.2) is 71.2 Å². The van der Waals surface area contributed by atoms with Crippen LogP contribution in [0.25, 0.3) is 0 Å². The van der Waals surface area contributed by atoms with E-state index in [0.717, 1.165) is 25.5 Å². The molecule has 1 saturated heterocycles. The van der Waals surface area contributed by atoms with E-state index in [9.17, 15) is 8.42 Å². The average molecular weight is 314 g/mol. The number of rotatable bonds is 5. The van der Waals surface area contributed by atoms with E-state index in [1.807, 2.05) is 7.05 Å². The first-order chi connectivity index (χ1) is 9.95. The second-order valence-corrected chi connectivity index (χ2v) is 7.29. The van der Waals surface area contributed by atoms with Crippen molar-refractivity contribution in [1.82, 2.24) is 14.6 Å². The lowest BCUT2D eigenvalue weighted by Gasteiger charge is -2.33. The fraction of sp³-hybridized carbons (Fsp3) is 0.615. The molecule has 1 N–H and O–H groups in total. The zero-order chi connectivity index (χ0) is 15.5. The van der Waals surface area contributed by atoms with Crippen LogP contribution in [0.5, 0.6) is 0 Å². The van der Waals surface area contributed by atoms with Crippen molar-refractivity contribution < 1.29 is 13.2 Å². The van der Waals surface area contributed by atoms with Gasteiger partial charge in [0.05, 0.1) is 12.7 Å². The molecule has 0 aromatic carbocycles. The maximum absolute atomic E-state index is 12.0. The Morgan fingerprint density at radius 2 is 2.24 bits per heavy atom. The van der Waals surface area contributed by atoms with Gasteiger partial charge in [0.1, 0.15) is 10.7 Å². The van der Waals surface area contributed by atoms with Gasteiger partial charge >= 0.3 is 0 Å². The molecule has 0 aliphatic carbocycles. The SMILES string of the molecule is CNCC1CN(c2ccc(S(=O)(=O)N(C)C)cn2)CCO1. The van der Waals surface area contributed by atoms with Gasteiger partial charge in [0.15, 0.2) is 0 Å². The summed E-state index contributed by atoms with van der Waals surface area (Å²) < 4.78 is 30.8. The zero-order valence-electron chi connectivity index (χ0n) is 12.6. The first-order valence-corrected chi connectivity index (χ1v) is 8.29. The van der Waals surface area contributed by atoms with Gasteiger partial charge in [0.25, 0.3) is 0 Å². The van der Waals surface area contributed by atoms with Crippen molar-refractivity contribution in [3.63, 3.8) is 0 Å². The Hall–Kier alpha value is -1.22. The zero-order valence-corrected chi connectivity index (χ0v) is 13.4. The van der Waals surface area contributed by atoms with Crippen LogP contribution in [0.3, 0.4) is 0 Å². The number of morpholine rings is 1. The summed E-state index contributed by atoms with van der Waals surface area (Å²) in [5.41, 5.74) is 0. The summed E-state index contributed by atoms with van der Waals surface area (Å²) in [6.07, 6.45) is 1.53. The predicted octanol–water partition coefficient (Wildman–Crippen LogP) is -0.243. The van der Waals surface area contributed by atoms with E-state index in [2.05, 4.69) is 15.2 Å². The highest BCUT2D eigenvalue weighted by molar-refractivity contribution is 7.89. The summed E-state index contributed by atoms with van der Waals surface area (Å²) in [5.74, 6) is 0.775. The molecule has 1 aliphatic rings. The smallest absolute Gasteiger partial charge is 0.244 e. The summed E-state index contributed by atoms with van der Waals surface area (Å²) >= 11 is 0. The van der Waals surface area contributed by atoms with Gasteiger partial charge in [-0.3, -0.25) is 0 Å². The van der Waals surface area contributed by atoms with E-state index >= 15 is 0 Å². The highest BCUT2D eigenvalue weighted by Crippen LogP contribution is 2.18. The molecule has 1 fully saturated rings. The molecular formula is C13H22N4O3S. The second kappa shape index (κ2) is 6.69. The molecule has 0 amide bonds. The number of nitrogens with zero attached hydrogens (tertiary/aromatic N) is 3. The number of hydrogen-bond donors (Lipinski definition) is 1. The molecule has 118 valence electrons. The lowest BCUT2D eigenvalue weighted by Crippen LogP contribution is -2.46. The number of anilines is 1. The van der Waals surface area contributed by atoms with Gasteiger partial charge in [-0.25, -0.2) is 17.7 Å². The number of ether oxygens (including phenoxy) is 1. The Morgan fingerprint density at radius 1 is 1.48 bits per heavy atom. The quantitative estimate of drug-likeness (QED) is 0.808. The third kappa shape index (κ3) is 3.70. The maximum atomic E-state index is 12.0. The fourth-order valence-electron chi connectivity index (χ4n) is 2.20. The minimum Gasteiger partial charge on any atom is -0.373 e. The Kier molecular flexibility index (Phi) is 5.15. The van der Waals surface area contributed by atoms with E-state index in [0.29, 0.717) is 6.61 Å². The van der Waals surface area contributed by atoms with E-state index < -0.39 is 10.0 Å². The van der Waals surface area contributed by atoms with Crippen molar-refractivity contribution >= 4 is 15.8 Å². The van der Waals surface area contributed by atoms with Crippen molar-refractivity contribution in [3.8, 4) is 0 Å². The monoisotopic (exact) mass is 314 g/mol. The Morgan fingerprint density at radius 3 is 2.81 bits per heavy atom. The van der Waals surface area contributed by atoms with Crippen LogP contribution >= 0.6 is 0 Å².